The highest BCUT2D eigenvalue weighted by Gasteiger charge is 2.20. The lowest BCUT2D eigenvalue weighted by Crippen LogP contribution is -2.31. The Morgan fingerprint density at radius 2 is 1.35 bits per heavy atom. The van der Waals surface area contributed by atoms with Crippen LogP contribution in [0.1, 0.15) is 25.8 Å². The van der Waals surface area contributed by atoms with Gasteiger partial charge in [-0.15, -0.1) is 0 Å². The maximum atomic E-state index is 12.4. The smallest absolute Gasteiger partial charge is 0.333 e. The van der Waals surface area contributed by atoms with Crippen molar-refractivity contribution in [2.45, 2.75) is 32.8 Å². The number of benzene rings is 1. The number of hydrogen-bond acceptors (Lipinski definition) is 10. The summed E-state index contributed by atoms with van der Waals surface area (Å²) < 4.78 is 25.7. The number of ether oxygens (including phenoxy) is 5. The molecule has 0 saturated carbocycles. The van der Waals surface area contributed by atoms with Gasteiger partial charge in [0.25, 0.3) is 0 Å². The van der Waals surface area contributed by atoms with Gasteiger partial charge in [-0.05, 0) is 38.0 Å². The second-order valence-electron chi connectivity index (χ2n) is 6.88. The molecule has 0 heterocycles. The summed E-state index contributed by atoms with van der Waals surface area (Å²) in [6.07, 6.45) is 3.65. The van der Waals surface area contributed by atoms with Crippen LogP contribution >= 0.6 is 0 Å². The molecular formula is C24H26N2O8. The van der Waals surface area contributed by atoms with E-state index in [1.54, 1.807) is 12.1 Å². The van der Waals surface area contributed by atoms with Crippen molar-refractivity contribution in [1.82, 2.24) is 0 Å². The van der Waals surface area contributed by atoms with Gasteiger partial charge in [0.15, 0.2) is 6.10 Å². The van der Waals surface area contributed by atoms with Gasteiger partial charge >= 0.3 is 17.9 Å². The van der Waals surface area contributed by atoms with E-state index in [0.717, 1.165) is 0 Å². The predicted octanol–water partition coefficient (Wildman–Crippen LogP) is 1.28. The van der Waals surface area contributed by atoms with Crippen molar-refractivity contribution in [2.75, 3.05) is 13.2 Å². The summed E-state index contributed by atoms with van der Waals surface area (Å²) in [5.74, 6) is -1.33. The Balaban J connectivity index is 2.83. The molecule has 0 aromatic heterocycles. The van der Waals surface area contributed by atoms with E-state index in [9.17, 15) is 14.4 Å². The lowest BCUT2D eigenvalue weighted by Gasteiger charge is -2.18. The van der Waals surface area contributed by atoms with Gasteiger partial charge in [-0.1, -0.05) is 13.2 Å². The summed E-state index contributed by atoms with van der Waals surface area (Å²) in [6, 6.07) is 8.98. The molecule has 10 heteroatoms. The van der Waals surface area contributed by atoms with Crippen molar-refractivity contribution < 1.29 is 38.1 Å². The van der Waals surface area contributed by atoms with Crippen LogP contribution in [0.2, 0.25) is 0 Å². The molecule has 0 spiro atoms. The summed E-state index contributed by atoms with van der Waals surface area (Å²) >= 11 is 0. The molecular weight excluding hydrogens is 444 g/mol. The second kappa shape index (κ2) is 14.5. The van der Waals surface area contributed by atoms with Gasteiger partial charge in [0.2, 0.25) is 0 Å². The van der Waals surface area contributed by atoms with Crippen molar-refractivity contribution in [3.8, 4) is 35.8 Å². The van der Waals surface area contributed by atoms with Crippen molar-refractivity contribution in [3.63, 3.8) is 0 Å². The Morgan fingerprint density at radius 1 is 0.882 bits per heavy atom. The van der Waals surface area contributed by atoms with E-state index in [1.165, 1.54) is 19.9 Å². The van der Waals surface area contributed by atoms with Crippen LogP contribution in [0.5, 0.6) is 11.5 Å². The van der Waals surface area contributed by atoms with E-state index >= 15 is 0 Å². The monoisotopic (exact) mass is 470 g/mol. The highest BCUT2D eigenvalue weighted by atomic mass is 16.6. The van der Waals surface area contributed by atoms with Gasteiger partial charge in [-0.25, -0.2) is 9.59 Å². The Kier molecular flexibility index (Phi) is 11.7. The SMILES string of the molecule is C=C(C)C(=O)OCC(COC(=O)C(=C)C)OC(=O)CCc1cc(OC#CN)cc(OC#CN)c1. The van der Waals surface area contributed by atoms with Crippen LogP contribution < -0.4 is 20.9 Å². The number of hydrogen-bond donors (Lipinski definition) is 2. The molecule has 0 unspecified atom stereocenters. The molecule has 0 bridgehead atoms. The number of rotatable bonds is 12. The van der Waals surface area contributed by atoms with Crippen molar-refractivity contribution in [3.05, 3.63) is 48.1 Å². The summed E-state index contributed by atoms with van der Waals surface area (Å²) in [5, 5.41) is 0. The Bertz CT molecular complexity index is 986. The van der Waals surface area contributed by atoms with E-state index < -0.39 is 24.0 Å². The van der Waals surface area contributed by atoms with Crippen LogP contribution in [0.25, 0.3) is 0 Å². The summed E-state index contributed by atoms with van der Waals surface area (Å²) in [4.78, 5) is 35.7. The molecule has 0 aliphatic heterocycles. The molecule has 0 atom stereocenters. The third-order valence-electron chi connectivity index (χ3n) is 3.81. The van der Waals surface area contributed by atoms with Gasteiger partial charge in [0, 0.05) is 35.7 Å². The second-order valence-corrected chi connectivity index (χ2v) is 6.88. The average molecular weight is 470 g/mol. The first kappa shape index (κ1) is 27.5. The molecule has 10 nitrogen and oxygen atoms in total. The number of aryl methyl sites for hydroxylation is 1. The third-order valence-corrected chi connectivity index (χ3v) is 3.81. The fraction of sp³-hybridized carbons (Fsp3) is 0.292. The van der Waals surface area contributed by atoms with Crippen molar-refractivity contribution >= 4 is 17.9 Å². The highest BCUT2D eigenvalue weighted by molar-refractivity contribution is 5.87. The fourth-order valence-corrected chi connectivity index (χ4v) is 2.26. The standard InChI is InChI=1S/C24H26N2O8/c1-16(2)23(28)32-14-21(15-33-24(29)17(3)4)34-22(27)6-5-18-11-19(30-9-7-25)13-20(12-18)31-10-8-26/h11-13,21H,1,3,5-6,14-15,25-26H2,2,4H3. The first-order chi connectivity index (χ1) is 16.2. The van der Waals surface area contributed by atoms with E-state index in [2.05, 4.69) is 37.5 Å². The van der Waals surface area contributed by atoms with Crippen LogP contribution in [0.4, 0.5) is 0 Å². The average Bonchev–Trinajstić information content (AvgIpc) is 2.80. The minimum absolute atomic E-state index is 0.0621. The summed E-state index contributed by atoms with van der Waals surface area (Å²) in [6.45, 7) is 9.25. The van der Waals surface area contributed by atoms with Crippen LogP contribution in [0.3, 0.4) is 0 Å². The maximum Gasteiger partial charge on any atom is 0.333 e. The van der Waals surface area contributed by atoms with Gasteiger partial charge < -0.3 is 35.2 Å². The van der Waals surface area contributed by atoms with E-state index in [0.29, 0.717) is 17.1 Å². The van der Waals surface area contributed by atoms with Crippen LogP contribution in [0, 0.1) is 24.3 Å². The Hall–Kier alpha value is -4.57. The molecule has 0 saturated heterocycles. The first-order valence-corrected chi connectivity index (χ1v) is 9.89. The highest BCUT2D eigenvalue weighted by Crippen LogP contribution is 2.24. The largest absolute Gasteiger partial charge is 0.458 e. The zero-order chi connectivity index (χ0) is 25.5. The fourth-order valence-electron chi connectivity index (χ4n) is 2.26. The quantitative estimate of drug-likeness (QED) is 0.150. The summed E-state index contributed by atoms with van der Waals surface area (Å²) in [5.41, 5.74) is 11.2. The molecule has 0 amide bonds. The molecule has 4 N–H and O–H groups in total. The molecule has 0 radical (unpaired) electrons. The molecule has 0 aliphatic carbocycles. The zero-order valence-electron chi connectivity index (χ0n) is 19.0. The van der Waals surface area contributed by atoms with Crippen LogP contribution in [-0.4, -0.2) is 37.2 Å². The molecule has 34 heavy (non-hydrogen) atoms. The Labute approximate surface area is 197 Å². The minimum atomic E-state index is -1.02. The number of carbonyl (C=O) groups is 3. The lowest BCUT2D eigenvalue weighted by molar-refractivity contribution is -0.164. The maximum absolute atomic E-state index is 12.4. The molecule has 0 fully saturated rings. The first-order valence-electron chi connectivity index (χ1n) is 9.89. The van der Waals surface area contributed by atoms with Gasteiger partial charge in [-0.2, -0.15) is 0 Å². The lowest BCUT2D eigenvalue weighted by atomic mass is 10.1. The number of carbonyl (C=O) groups excluding carboxylic acids is 3. The van der Waals surface area contributed by atoms with Crippen LogP contribution in [0.15, 0.2) is 42.5 Å². The van der Waals surface area contributed by atoms with Crippen LogP contribution in [-0.2, 0) is 35.0 Å². The number of nitrogens with two attached hydrogens (primary N) is 2. The molecule has 1 aromatic carbocycles. The summed E-state index contributed by atoms with van der Waals surface area (Å²) in [7, 11) is 0. The zero-order valence-corrected chi connectivity index (χ0v) is 19.0. The minimum Gasteiger partial charge on any atom is -0.458 e. The third kappa shape index (κ3) is 10.6. The normalized spacial score (nSPS) is 9.38. The predicted molar refractivity (Wildman–Crippen MR) is 121 cm³/mol. The van der Waals surface area contributed by atoms with Gasteiger partial charge in [0.1, 0.15) is 36.9 Å². The van der Waals surface area contributed by atoms with E-state index in [-0.39, 0.29) is 37.2 Å². The molecule has 1 aromatic rings. The van der Waals surface area contributed by atoms with Crippen molar-refractivity contribution in [1.29, 1.82) is 0 Å². The van der Waals surface area contributed by atoms with Crippen molar-refractivity contribution in [2.24, 2.45) is 11.5 Å². The Morgan fingerprint density at radius 3 is 1.76 bits per heavy atom. The number of esters is 3. The molecule has 0 aliphatic rings. The van der Waals surface area contributed by atoms with Gasteiger partial charge in [0.05, 0.1) is 0 Å². The topological polar surface area (TPSA) is 149 Å². The molecule has 1 rings (SSSR count). The van der Waals surface area contributed by atoms with E-state index in [4.69, 9.17) is 35.2 Å². The molecule has 180 valence electrons. The van der Waals surface area contributed by atoms with E-state index in [1.807, 2.05) is 0 Å². The van der Waals surface area contributed by atoms with Gasteiger partial charge in [-0.3, -0.25) is 4.79 Å².